The zero-order valence-corrected chi connectivity index (χ0v) is 15.9. The number of piperazine rings is 1. The van der Waals surface area contributed by atoms with Crippen molar-refractivity contribution in [3.63, 3.8) is 0 Å². The van der Waals surface area contributed by atoms with Crippen molar-refractivity contribution in [1.82, 2.24) is 15.3 Å². The summed E-state index contributed by atoms with van der Waals surface area (Å²) >= 11 is 0. The zero-order valence-electron chi connectivity index (χ0n) is 15.9. The average molecular weight is 377 g/mol. The number of amides is 2. The smallest absolute Gasteiger partial charge is 0.248 e. The van der Waals surface area contributed by atoms with E-state index in [1.807, 2.05) is 23.1 Å². The third-order valence-corrected chi connectivity index (χ3v) is 4.96. The topological polar surface area (TPSA) is 80.3 Å². The fourth-order valence-electron chi connectivity index (χ4n) is 3.44. The molecule has 0 saturated carbocycles. The Bertz CT molecular complexity index is 675. The van der Waals surface area contributed by atoms with Crippen molar-refractivity contribution in [2.24, 2.45) is 0 Å². The standard InChI is InChI=1S/C19H27N3O5/c1-25-15-6-5-14(17(11-15)26-2)13-21-9-7-20-19(24)16(21)12-18(23)22-8-3-4-10-27-22/h5-6,11,16H,3-4,7-10,12-13H2,1-2H3,(H,20,24)/t16-/m0/s1. The van der Waals surface area contributed by atoms with Crippen LogP contribution in [0, 0.1) is 0 Å². The molecule has 0 aliphatic carbocycles. The van der Waals surface area contributed by atoms with Crippen molar-refractivity contribution >= 4 is 11.8 Å². The Kier molecular flexibility index (Phi) is 6.52. The highest BCUT2D eigenvalue weighted by atomic mass is 16.7. The van der Waals surface area contributed by atoms with Crippen molar-refractivity contribution in [3.8, 4) is 11.5 Å². The summed E-state index contributed by atoms with van der Waals surface area (Å²) in [6, 6.07) is 5.09. The van der Waals surface area contributed by atoms with E-state index in [2.05, 4.69) is 5.32 Å². The van der Waals surface area contributed by atoms with E-state index in [4.69, 9.17) is 14.3 Å². The van der Waals surface area contributed by atoms with Gasteiger partial charge in [0.25, 0.3) is 0 Å². The molecule has 3 rings (SSSR count). The SMILES string of the molecule is COc1ccc(CN2CCNC(=O)[C@@H]2CC(=O)N2CCCCO2)c(OC)c1. The number of rotatable bonds is 6. The van der Waals surface area contributed by atoms with Crippen LogP contribution >= 0.6 is 0 Å². The van der Waals surface area contributed by atoms with Gasteiger partial charge in [-0.15, -0.1) is 0 Å². The number of hydrogen-bond donors (Lipinski definition) is 1. The third kappa shape index (κ3) is 4.70. The van der Waals surface area contributed by atoms with E-state index in [1.54, 1.807) is 14.2 Å². The second-order valence-corrected chi connectivity index (χ2v) is 6.70. The molecule has 2 amide bonds. The van der Waals surface area contributed by atoms with Gasteiger partial charge in [0.15, 0.2) is 0 Å². The summed E-state index contributed by atoms with van der Waals surface area (Å²) in [5, 5.41) is 4.26. The summed E-state index contributed by atoms with van der Waals surface area (Å²) in [4.78, 5) is 32.5. The molecule has 0 spiro atoms. The van der Waals surface area contributed by atoms with Crippen LogP contribution in [-0.4, -0.2) is 68.3 Å². The molecule has 2 aliphatic rings. The van der Waals surface area contributed by atoms with Gasteiger partial charge < -0.3 is 14.8 Å². The highest BCUT2D eigenvalue weighted by Crippen LogP contribution is 2.27. The summed E-state index contributed by atoms with van der Waals surface area (Å²) in [5.41, 5.74) is 0.944. The highest BCUT2D eigenvalue weighted by molar-refractivity contribution is 5.88. The molecule has 2 aliphatic heterocycles. The number of methoxy groups -OCH3 is 2. The molecule has 1 aromatic rings. The number of hydroxylamine groups is 2. The minimum Gasteiger partial charge on any atom is -0.497 e. The quantitative estimate of drug-likeness (QED) is 0.795. The van der Waals surface area contributed by atoms with E-state index in [1.165, 1.54) is 5.06 Å². The predicted octanol–water partition coefficient (Wildman–Crippen LogP) is 0.948. The van der Waals surface area contributed by atoms with E-state index in [0.717, 1.165) is 18.4 Å². The molecular formula is C19H27N3O5. The average Bonchev–Trinajstić information content (AvgIpc) is 2.71. The maximum absolute atomic E-state index is 12.6. The number of hydrogen-bond acceptors (Lipinski definition) is 6. The van der Waals surface area contributed by atoms with Gasteiger partial charge in [-0.25, -0.2) is 5.06 Å². The molecule has 0 aromatic heterocycles. The lowest BCUT2D eigenvalue weighted by atomic mass is 10.1. The number of carbonyl (C=O) groups is 2. The van der Waals surface area contributed by atoms with Gasteiger partial charge in [0.2, 0.25) is 11.8 Å². The van der Waals surface area contributed by atoms with E-state index in [-0.39, 0.29) is 18.2 Å². The van der Waals surface area contributed by atoms with Crippen molar-refractivity contribution in [3.05, 3.63) is 23.8 Å². The number of carbonyl (C=O) groups excluding carboxylic acids is 2. The largest absolute Gasteiger partial charge is 0.497 e. The second-order valence-electron chi connectivity index (χ2n) is 6.70. The van der Waals surface area contributed by atoms with Crippen LogP contribution in [0.4, 0.5) is 0 Å². The summed E-state index contributed by atoms with van der Waals surface area (Å²) in [6.45, 7) is 2.87. The van der Waals surface area contributed by atoms with Crippen molar-refractivity contribution in [2.45, 2.75) is 31.8 Å². The fourth-order valence-corrected chi connectivity index (χ4v) is 3.44. The molecular weight excluding hydrogens is 350 g/mol. The van der Waals surface area contributed by atoms with E-state index < -0.39 is 6.04 Å². The lowest BCUT2D eigenvalue weighted by Crippen LogP contribution is -2.56. The lowest BCUT2D eigenvalue weighted by Gasteiger charge is -2.36. The van der Waals surface area contributed by atoms with Gasteiger partial charge in [-0.2, -0.15) is 0 Å². The maximum atomic E-state index is 12.6. The Hall–Kier alpha value is -2.32. The minimum absolute atomic E-state index is 0.101. The van der Waals surface area contributed by atoms with Gasteiger partial charge in [-0.3, -0.25) is 19.3 Å². The summed E-state index contributed by atoms with van der Waals surface area (Å²) < 4.78 is 10.7. The Labute approximate surface area is 159 Å². The number of nitrogens with one attached hydrogen (secondary N) is 1. The molecule has 8 nitrogen and oxygen atoms in total. The van der Waals surface area contributed by atoms with Gasteiger partial charge in [-0.1, -0.05) is 6.07 Å². The summed E-state index contributed by atoms with van der Waals surface area (Å²) in [7, 11) is 3.21. The Morgan fingerprint density at radius 1 is 1.26 bits per heavy atom. The van der Waals surface area contributed by atoms with Gasteiger partial charge in [0, 0.05) is 37.8 Å². The lowest BCUT2D eigenvalue weighted by molar-refractivity contribution is -0.198. The van der Waals surface area contributed by atoms with Crippen LogP contribution in [0.25, 0.3) is 0 Å². The van der Waals surface area contributed by atoms with Crippen molar-refractivity contribution in [1.29, 1.82) is 0 Å². The molecule has 148 valence electrons. The zero-order chi connectivity index (χ0) is 19.2. The molecule has 27 heavy (non-hydrogen) atoms. The minimum atomic E-state index is -0.524. The molecule has 2 fully saturated rings. The molecule has 0 bridgehead atoms. The predicted molar refractivity (Wildman–Crippen MR) is 98.3 cm³/mol. The molecule has 1 aromatic carbocycles. The first-order valence-corrected chi connectivity index (χ1v) is 9.28. The monoisotopic (exact) mass is 377 g/mol. The van der Waals surface area contributed by atoms with Crippen LogP contribution in [0.15, 0.2) is 18.2 Å². The number of benzene rings is 1. The molecule has 1 N–H and O–H groups in total. The number of nitrogens with zero attached hydrogens (tertiary/aromatic N) is 2. The van der Waals surface area contributed by atoms with Crippen LogP contribution in [0.3, 0.4) is 0 Å². The summed E-state index contributed by atoms with van der Waals surface area (Å²) in [6.07, 6.45) is 1.98. The van der Waals surface area contributed by atoms with Crippen LogP contribution in [0.2, 0.25) is 0 Å². The number of ether oxygens (including phenoxy) is 2. The Balaban J connectivity index is 1.72. The maximum Gasteiger partial charge on any atom is 0.248 e. The molecule has 8 heteroatoms. The molecule has 0 radical (unpaired) electrons. The van der Waals surface area contributed by atoms with Crippen molar-refractivity contribution < 1.29 is 23.9 Å². The summed E-state index contributed by atoms with van der Waals surface area (Å²) in [5.74, 6) is 1.13. The Morgan fingerprint density at radius 2 is 2.11 bits per heavy atom. The molecule has 1 atom stereocenters. The van der Waals surface area contributed by atoms with Gasteiger partial charge in [-0.05, 0) is 18.9 Å². The first-order valence-electron chi connectivity index (χ1n) is 9.28. The van der Waals surface area contributed by atoms with Gasteiger partial charge in [0.05, 0.1) is 33.3 Å². The van der Waals surface area contributed by atoms with Crippen LogP contribution in [0.1, 0.15) is 24.8 Å². The Morgan fingerprint density at radius 3 is 2.81 bits per heavy atom. The fraction of sp³-hybridized carbons (Fsp3) is 0.579. The van der Waals surface area contributed by atoms with Crippen LogP contribution in [-0.2, 0) is 21.0 Å². The van der Waals surface area contributed by atoms with E-state index in [9.17, 15) is 9.59 Å². The molecule has 0 unspecified atom stereocenters. The normalized spacial score (nSPS) is 20.9. The van der Waals surface area contributed by atoms with Gasteiger partial charge in [0.1, 0.15) is 11.5 Å². The molecule has 2 heterocycles. The first kappa shape index (κ1) is 19.4. The third-order valence-electron chi connectivity index (χ3n) is 4.96. The van der Waals surface area contributed by atoms with E-state index >= 15 is 0 Å². The van der Waals surface area contributed by atoms with Crippen LogP contribution in [0.5, 0.6) is 11.5 Å². The van der Waals surface area contributed by atoms with Gasteiger partial charge >= 0.3 is 0 Å². The first-order chi connectivity index (χ1) is 13.1. The molecule has 2 saturated heterocycles. The highest BCUT2D eigenvalue weighted by Gasteiger charge is 2.34. The van der Waals surface area contributed by atoms with Crippen molar-refractivity contribution in [2.75, 3.05) is 40.5 Å². The van der Waals surface area contributed by atoms with Crippen LogP contribution < -0.4 is 14.8 Å². The second kappa shape index (κ2) is 9.05. The van der Waals surface area contributed by atoms with E-state index in [0.29, 0.717) is 44.3 Å².